The Hall–Kier alpha value is -1.30. The lowest BCUT2D eigenvalue weighted by Gasteiger charge is -2.37. The van der Waals surface area contributed by atoms with Crippen molar-refractivity contribution < 1.29 is 17.6 Å². The molecule has 1 aromatic rings. The molecule has 1 saturated heterocycles. The smallest absolute Gasteiger partial charge is 0.240 e. The first kappa shape index (κ1) is 15.0. The second-order valence-electron chi connectivity index (χ2n) is 8.72. The highest BCUT2D eigenvalue weighted by Gasteiger charge is 2.73. The molecular formula is C18H23NO4S. The van der Waals surface area contributed by atoms with Gasteiger partial charge in [0.1, 0.15) is 5.76 Å². The number of rotatable bonds is 2. The molecule has 0 aromatic carbocycles. The normalized spacial score (nSPS) is 43.8. The molecule has 1 spiro atoms. The van der Waals surface area contributed by atoms with Crippen molar-refractivity contribution in [1.82, 2.24) is 4.31 Å². The van der Waals surface area contributed by atoms with E-state index in [0.29, 0.717) is 12.3 Å². The van der Waals surface area contributed by atoms with E-state index >= 15 is 0 Å². The monoisotopic (exact) mass is 349 g/mol. The summed E-state index contributed by atoms with van der Waals surface area (Å²) in [5, 5.41) is 0. The van der Waals surface area contributed by atoms with Crippen LogP contribution in [0.2, 0.25) is 0 Å². The topological polar surface area (TPSA) is 67.6 Å². The fourth-order valence-corrected chi connectivity index (χ4v) is 8.61. The van der Waals surface area contributed by atoms with Crippen LogP contribution >= 0.6 is 0 Å². The molecule has 5 rings (SSSR count). The van der Waals surface area contributed by atoms with E-state index in [-0.39, 0.29) is 40.4 Å². The zero-order chi connectivity index (χ0) is 16.9. The second-order valence-corrected chi connectivity index (χ2v) is 10.6. The van der Waals surface area contributed by atoms with E-state index in [4.69, 9.17) is 4.42 Å². The number of hydrogen-bond donors (Lipinski definition) is 0. The summed E-state index contributed by atoms with van der Waals surface area (Å²) in [6.45, 7) is 4.41. The lowest BCUT2D eigenvalue weighted by atomic mass is 9.69. The molecule has 4 aliphatic rings. The molecule has 6 heteroatoms. The van der Waals surface area contributed by atoms with Crippen LogP contribution in [-0.4, -0.2) is 30.4 Å². The Labute approximate surface area is 142 Å². The van der Waals surface area contributed by atoms with Crippen molar-refractivity contribution >= 4 is 15.9 Å². The highest BCUT2D eigenvalue weighted by atomic mass is 32.2. The zero-order valence-corrected chi connectivity index (χ0v) is 14.9. The summed E-state index contributed by atoms with van der Waals surface area (Å²) in [6, 6.07) is 3.56. The van der Waals surface area contributed by atoms with Crippen LogP contribution in [0.3, 0.4) is 0 Å². The lowest BCUT2D eigenvalue weighted by Crippen LogP contribution is -2.44. The van der Waals surface area contributed by atoms with Crippen LogP contribution in [0.15, 0.2) is 22.8 Å². The second kappa shape index (κ2) is 4.26. The summed E-state index contributed by atoms with van der Waals surface area (Å²) in [5.74, 6) is 1.11. The van der Waals surface area contributed by atoms with E-state index in [0.717, 1.165) is 25.0 Å². The number of amides is 1. The maximum atomic E-state index is 13.1. The molecule has 0 radical (unpaired) electrons. The number of carbonyl (C=O) groups excluding carboxylic acids is 1. The van der Waals surface area contributed by atoms with E-state index in [2.05, 4.69) is 13.8 Å². The molecule has 0 unspecified atom stereocenters. The number of hydrogen-bond acceptors (Lipinski definition) is 4. The third-order valence-electron chi connectivity index (χ3n) is 7.64. The van der Waals surface area contributed by atoms with Gasteiger partial charge in [-0.1, -0.05) is 13.8 Å². The molecule has 3 saturated carbocycles. The van der Waals surface area contributed by atoms with Crippen LogP contribution in [0.5, 0.6) is 0 Å². The van der Waals surface area contributed by atoms with Gasteiger partial charge in [-0.15, -0.1) is 0 Å². The molecule has 5 nitrogen and oxygen atoms in total. The minimum absolute atomic E-state index is 0.00370. The predicted octanol–water partition coefficient (Wildman–Crippen LogP) is 2.75. The summed E-state index contributed by atoms with van der Waals surface area (Å²) in [6.07, 6.45) is 5.18. The van der Waals surface area contributed by atoms with Gasteiger partial charge in [0.15, 0.2) is 0 Å². The predicted molar refractivity (Wildman–Crippen MR) is 87.5 cm³/mol. The highest BCUT2D eigenvalue weighted by Crippen LogP contribution is 2.70. The first-order chi connectivity index (χ1) is 11.3. The van der Waals surface area contributed by atoms with E-state index < -0.39 is 10.0 Å². The fraction of sp³-hybridized carbons (Fsp3) is 0.722. The van der Waals surface area contributed by atoms with Crippen LogP contribution in [0.4, 0.5) is 0 Å². The van der Waals surface area contributed by atoms with Crippen LogP contribution in [0.25, 0.3) is 0 Å². The number of furan rings is 1. The van der Waals surface area contributed by atoms with Gasteiger partial charge >= 0.3 is 0 Å². The molecule has 0 N–H and O–H groups in total. The maximum Gasteiger partial charge on any atom is 0.240 e. The summed E-state index contributed by atoms with van der Waals surface area (Å²) < 4.78 is 32.5. The van der Waals surface area contributed by atoms with Crippen LogP contribution in [0, 0.1) is 22.7 Å². The molecule has 5 atom stereocenters. The third kappa shape index (κ3) is 1.61. The van der Waals surface area contributed by atoms with Crippen LogP contribution < -0.4 is 0 Å². The van der Waals surface area contributed by atoms with Crippen LogP contribution in [-0.2, 0) is 14.8 Å². The van der Waals surface area contributed by atoms with Gasteiger partial charge < -0.3 is 4.42 Å². The number of sulfonamides is 1. The Kier molecular flexibility index (Phi) is 2.66. The summed E-state index contributed by atoms with van der Waals surface area (Å²) in [4.78, 5) is 13.1. The first-order valence-electron chi connectivity index (χ1n) is 8.87. The summed E-state index contributed by atoms with van der Waals surface area (Å²) in [5.41, 5.74) is -0.231. The Morgan fingerprint density at radius 2 is 2.12 bits per heavy atom. The Bertz CT molecular complexity index is 812. The summed E-state index contributed by atoms with van der Waals surface area (Å²) in [7, 11) is -3.50. The number of fused-ring (bicyclic) bond motifs is 1. The molecule has 2 heterocycles. The largest absolute Gasteiger partial charge is 0.469 e. The van der Waals surface area contributed by atoms with Crippen molar-refractivity contribution in [2.24, 2.45) is 22.7 Å². The minimum Gasteiger partial charge on any atom is -0.469 e. The van der Waals surface area contributed by atoms with Crippen molar-refractivity contribution in [2.45, 2.75) is 51.5 Å². The third-order valence-corrected chi connectivity index (χ3v) is 9.56. The van der Waals surface area contributed by atoms with Crippen molar-refractivity contribution in [2.75, 3.05) is 5.75 Å². The molecule has 4 fully saturated rings. The van der Waals surface area contributed by atoms with E-state index in [1.54, 1.807) is 6.26 Å². The molecular weight excluding hydrogens is 326 g/mol. The average Bonchev–Trinajstić information content (AvgIpc) is 2.83. The molecule has 1 aliphatic heterocycles. The average molecular weight is 349 g/mol. The quantitative estimate of drug-likeness (QED) is 0.823. The van der Waals surface area contributed by atoms with Gasteiger partial charge in [0.2, 0.25) is 15.9 Å². The van der Waals surface area contributed by atoms with E-state index in [1.165, 1.54) is 4.31 Å². The highest BCUT2D eigenvalue weighted by molar-refractivity contribution is 7.90. The van der Waals surface area contributed by atoms with E-state index in [9.17, 15) is 13.2 Å². The molecule has 130 valence electrons. The van der Waals surface area contributed by atoms with Crippen molar-refractivity contribution in [1.29, 1.82) is 0 Å². The summed E-state index contributed by atoms with van der Waals surface area (Å²) >= 11 is 0. The van der Waals surface area contributed by atoms with Gasteiger partial charge in [-0.3, -0.25) is 4.79 Å². The molecule has 1 amide bonds. The standard InChI is InChI=1S/C18H23NO4S/c1-17(2)11-5-6-18(17)10-24(21,22)19(15(18)8-11)16(20)13-9-12(13)14-4-3-7-23-14/h3-4,7,11-13,15H,5-6,8-10H2,1-2H3/t11-,12+,13-,15-,18-/m1/s1. The Morgan fingerprint density at radius 1 is 1.33 bits per heavy atom. The molecule has 3 aliphatic carbocycles. The number of nitrogens with zero attached hydrogens (tertiary/aromatic N) is 1. The van der Waals surface area contributed by atoms with Gasteiger partial charge in [0, 0.05) is 17.3 Å². The van der Waals surface area contributed by atoms with Gasteiger partial charge in [-0.2, -0.15) is 0 Å². The van der Waals surface area contributed by atoms with Gasteiger partial charge in [0.05, 0.1) is 18.1 Å². The first-order valence-corrected chi connectivity index (χ1v) is 10.5. The van der Waals surface area contributed by atoms with Crippen molar-refractivity contribution in [3.8, 4) is 0 Å². The number of carbonyl (C=O) groups is 1. The van der Waals surface area contributed by atoms with Crippen molar-refractivity contribution in [3.63, 3.8) is 0 Å². The van der Waals surface area contributed by atoms with Crippen LogP contribution in [0.1, 0.15) is 51.2 Å². The Morgan fingerprint density at radius 3 is 2.79 bits per heavy atom. The lowest BCUT2D eigenvalue weighted by molar-refractivity contribution is -0.130. The van der Waals surface area contributed by atoms with Gasteiger partial charge in [0.25, 0.3) is 0 Å². The molecule has 24 heavy (non-hydrogen) atoms. The van der Waals surface area contributed by atoms with Crippen molar-refractivity contribution in [3.05, 3.63) is 24.2 Å². The van der Waals surface area contributed by atoms with Gasteiger partial charge in [-0.25, -0.2) is 12.7 Å². The SMILES string of the molecule is CC1(C)[C@@H]2CC[C@]13CS(=O)(=O)N(C(=O)[C@@H]1C[C@@H]1c1ccco1)[C@@H]3C2. The fourth-order valence-electron chi connectivity index (χ4n) is 6.03. The zero-order valence-electron chi connectivity index (χ0n) is 14.1. The Balaban J connectivity index is 1.48. The van der Waals surface area contributed by atoms with E-state index in [1.807, 2.05) is 12.1 Å². The molecule has 2 bridgehead atoms. The minimum atomic E-state index is -3.50. The maximum absolute atomic E-state index is 13.1. The van der Waals surface area contributed by atoms with Gasteiger partial charge in [-0.05, 0) is 49.1 Å². The molecule has 1 aromatic heterocycles.